The molecule has 1 aliphatic carbocycles. The second-order valence-electron chi connectivity index (χ2n) is 5.99. The Morgan fingerprint density at radius 2 is 1.95 bits per heavy atom. The summed E-state index contributed by atoms with van der Waals surface area (Å²) in [5, 5.41) is 3.38. The number of Topliss-reactive ketones (excluding diaryl/α,β-unsaturated/α-hetero) is 1. The van der Waals surface area contributed by atoms with E-state index in [9.17, 15) is 4.79 Å². The molecule has 1 heterocycles. The smallest absolute Gasteiger partial charge is 0.162 e. The van der Waals surface area contributed by atoms with Crippen LogP contribution < -0.4 is 5.32 Å². The molecule has 0 atom stereocenters. The molecular formula is C17H23NO. The first-order chi connectivity index (χ1) is 9.33. The van der Waals surface area contributed by atoms with Gasteiger partial charge in [0.2, 0.25) is 0 Å². The Hall–Kier alpha value is -1.15. The van der Waals surface area contributed by atoms with E-state index in [1.165, 1.54) is 36.8 Å². The number of piperidine rings is 1. The lowest BCUT2D eigenvalue weighted by molar-refractivity contribution is 0.0970. The molecule has 1 saturated heterocycles. The molecule has 3 rings (SSSR count). The summed E-state index contributed by atoms with van der Waals surface area (Å²) in [7, 11) is 0. The van der Waals surface area contributed by atoms with E-state index in [1.807, 2.05) is 6.07 Å². The van der Waals surface area contributed by atoms with E-state index in [1.54, 1.807) is 0 Å². The summed E-state index contributed by atoms with van der Waals surface area (Å²) in [5.41, 5.74) is 3.80. The lowest BCUT2D eigenvalue weighted by atomic mass is 9.91. The molecule has 2 aliphatic rings. The third-order valence-corrected chi connectivity index (χ3v) is 4.66. The number of aryl methyl sites for hydroxylation is 2. The first kappa shape index (κ1) is 12.9. The molecule has 2 nitrogen and oxygen atoms in total. The molecule has 1 aromatic rings. The van der Waals surface area contributed by atoms with Crippen LogP contribution in [0.25, 0.3) is 0 Å². The van der Waals surface area contributed by atoms with Gasteiger partial charge in [-0.3, -0.25) is 4.79 Å². The number of rotatable bonds is 4. The zero-order valence-electron chi connectivity index (χ0n) is 11.6. The van der Waals surface area contributed by atoms with Crippen LogP contribution >= 0.6 is 0 Å². The van der Waals surface area contributed by atoms with Gasteiger partial charge in [-0.2, -0.15) is 0 Å². The quantitative estimate of drug-likeness (QED) is 0.840. The molecule has 102 valence electrons. The van der Waals surface area contributed by atoms with Crippen LogP contribution in [0.3, 0.4) is 0 Å². The number of benzene rings is 1. The molecule has 0 radical (unpaired) electrons. The topological polar surface area (TPSA) is 29.1 Å². The van der Waals surface area contributed by atoms with Crippen molar-refractivity contribution in [3.8, 4) is 0 Å². The van der Waals surface area contributed by atoms with Gasteiger partial charge >= 0.3 is 0 Å². The molecule has 1 aliphatic heterocycles. The first-order valence-electron chi connectivity index (χ1n) is 7.68. The average Bonchev–Trinajstić information content (AvgIpc) is 2.93. The fraction of sp³-hybridized carbons (Fsp3) is 0.588. The van der Waals surface area contributed by atoms with Crippen molar-refractivity contribution < 1.29 is 4.79 Å². The number of carbonyl (C=O) groups excluding carboxylic acids is 1. The molecule has 2 heteroatoms. The lowest BCUT2D eigenvalue weighted by Gasteiger charge is -2.22. The number of carbonyl (C=O) groups is 1. The Balaban J connectivity index is 1.57. The molecule has 0 aromatic heterocycles. The van der Waals surface area contributed by atoms with Crippen molar-refractivity contribution >= 4 is 5.78 Å². The lowest BCUT2D eigenvalue weighted by Crippen LogP contribution is -2.28. The minimum atomic E-state index is 0.341. The fourth-order valence-corrected chi connectivity index (χ4v) is 3.40. The van der Waals surface area contributed by atoms with Crippen LogP contribution in [0, 0.1) is 5.92 Å². The van der Waals surface area contributed by atoms with Gasteiger partial charge in [0.05, 0.1) is 0 Å². The maximum atomic E-state index is 12.3. The summed E-state index contributed by atoms with van der Waals surface area (Å²) in [6, 6.07) is 6.35. The molecule has 0 saturated carbocycles. The van der Waals surface area contributed by atoms with E-state index in [-0.39, 0.29) is 0 Å². The van der Waals surface area contributed by atoms with E-state index in [0.29, 0.717) is 5.78 Å². The number of hydrogen-bond acceptors (Lipinski definition) is 2. The van der Waals surface area contributed by atoms with Crippen LogP contribution in [0.2, 0.25) is 0 Å². The van der Waals surface area contributed by atoms with E-state index in [2.05, 4.69) is 17.4 Å². The van der Waals surface area contributed by atoms with Crippen LogP contribution in [-0.4, -0.2) is 18.9 Å². The van der Waals surface area contributed by atoms with Gasteiger partial charge in [-0.1, -0.05) is 12.1 Å². The van der Waals surface area contributed by atoms with Crippen LogP contribution in [0.5, 0.6) is 0 Å². The maximum absolute atomic E-state index is 12.3. The number of fused-ring (bicyclic) bond motifs is 1. The van der Waals surface area contributed by atoms with Gasteiger partial charge in [0.1, 0.15) is 0 Å². The standard InChI is InChI=1S/C17H23NO/c19-17(7-4-13-8-10-18-11-9-13)16-6-5-14-2-1-3-15(14)12-16/h5-6,12-13,18H,1-4,7-11H2. The largest absolute Gasteiger partial charge is 0.317 e. The summed E-state index contributed by atoms with van der Waals surface area (Å²) in [5.74, 6) is 1.09. The summed E-state index contributed by atoms with van der Waals surface area (Å²) in [4.78, 5) is 12.3. The Morgan fingerprint density at radius 3 is 2.79 bits per heavy atom. The molecule has 1 aromatic carbocycles. The zero-order valence-corrected chi connectivity index (χ0v) is 11.6. The molecule has 0 spiro atoms. The first-order valence-corrected chi connectivity index (χ1v) is 7.68. The van der Waals surface area contributed by atoms with Crippen LogP contribution in [-0.2, 0) is 12.8 Å². The minimum absolute atomic E-state index is 0.341. The van der Waals surface area contributed by atoms with Crippen LogP contribution in [0.4, 0.5) is 0 Å². The summed E-state index contributed by atoms with van der Waals surface area (Å²) < 4.78 is 0. The highest BCUT2D eigenvalue weighted by Crippen LogP contribution is 2.24. The molecule has 0 bridgehead atoms. The van der Waals surface area contributed by atoms with Crippen molar-refractivity contribution in [1.29, 1.82) is 0 Å². The van der Waals surface area contributed by atoms with Gasteiger partial charge in [-0.05, 0) is 74.7 Å². The molecule has 1 N–H and O–H groups in total. The number of hydrogen-bond donors (Lipinski definition) is 1. The average molecular weight is 257 g/mol. The van der Waals surface area contributed by atoms with Crippen molar-refractivity contribution in [1.82, 2.24) is 5.32 Å². The molecular weight excluding hydrogens is 234 g/mol. The summed E-state index contributed by atoms with van der Waals surface area (Å²) in [6.07, 6.45) is 7.86. The Kier molecular flexibility index (Phi) is 3.97. The van der Waals surface area contributed by atoms with Crippen LogP contribution in [0.1, 0.15) is 53.6 Å². The molecule has 0 unspecified atom stereocenters. The van der Waals surface area contributed by atoms with Gasteiger partial charge in [0, 0.05) is 12.0 Å². The predicted octanol–water partition coefficient (Wildman–Crippen LogP) is 3.14. The molecule has 0 amide bonds. The summed E-state index contributed by atoms with van der Waals surface area (Å²) in [6.45, 7) is 2.25. The zero-order chi connectivity index (χ0) is 13.1. The third kappa shape index (κ3) is 3.06. The minimum Gasteiger partial charge on any atom is -0.317 e. The monoisotopic (exact) mass is 257 g/mol. The molecule has 1 fully saturated rings. The van der Waals surface area contributed by atoms with Crippen molar-refractivity contribution in [3.05, 3.63) is 34.9 Å². The van der Waals surface area contributed by atoms with E-state index in [0.717, 1.165) is 43.8 Å². The third-order valence-electron chi connectivity index (χ3n) is 4.66. The highest BCUT2D eigenvalue weighted by molar-refractivity contribution is 5.96. The Bertz CT molecular complexity index is 460. The van der Waals surface area contributed by atoms with Gasteiger partial charge in [0.15, 0.2) is 5.78 Å². The normalized spacial score (nSPS) is 19.4. The molecule has 19 heavy (non-hydrogen) atoms. The highest BCUT2D eigenvalue weighted by Gasteiger charge is 2.17. The van der Waals surface area contributed by atoms with Crippen molar-refractivity contribution in [2.45, 2.75) is 44.9 Å². The van der Waals surface area contributed by atoms with Gasteiger partial charge in [-0.25, -0.2) is 0 Å². The second-order valence-corrected chi connectivity index (χ2v) is 5.99. The number of nitrogens with one attached hydrogen (secondary N) is 1. The maximum Gasteiger partial charge on any atom is 0.162 e. The van der Waals surface area contributed by atoms with Crippen molar-refractivity contribution in [3.63, 3.8) is 0 Å². The Morgan fingerprint density at radius 1 is 1.16 bits per heavy atom. The SMILES string of the molecule is O=C(CCC1CCNCC1)c1ccc2c(c1)CCC2. The van der Waals surface area contributed by atoms with Crippen molar-refractivity contribution in [2.24, 2.45) is 5.92 Å². The highest BCUT2D eigenvalue weighted by atomic mass is 16.1. The fourth-order valence-electron chi connectivity index (χ4n) is 3.40. The van der Waals surface area contributed by atoms with E-state index >= 15 is 0 Å². The summed E-state index contributed by atoms with van der Waals surface area (Å²) >= 11 is 0. The van der Waals surface area contributed by atoms with Gasteiger partial charge in [-0.15, -0.1) is 0 Å². The number of ketones is 1. The van der Waals surface area contributed by atoms with Gasteiger partial charge < -0.3 is 5.32 Å². The van der Waals surface area contributed by atoms with E-state index < -0.39 is 0 Å². The van der Waals surface area contributed by atoms with Gasteiger partial charge in [0.25, 0.3) is 0 Å². The second kappa shape index (κ2) is 5.87. The Labute approximate surface area is 115 Å². The van der Waals surface area contributed by atoms with E-state index in [4.69, 9.17) is 0 Å². The van der Waals surface area contributed by atoms with Crippen molar-refractivity contribution in [2.75, 3.05) is 13.1 Å². The predicted molar refractivity (Wildman–Crippen MR) is 77.6 cm³/mol. The van der Waals surface area contributed by atoms with Crippen LogP contribution in [0.15, 0.2) is 18.2 Å².